The minimum atomic E-state index is -1.91. The van der Waals surface area contributed by atoms with Crippen LogP contribution in [0.1, 0.15) is 20.8 Å². The average Bonchev–Trinajstić information content (AvgIpc) is 2.58. The third-order valence-electron chi connectivity index (χ3n) is 2.59. The number of hydrogen-bond acceptors (Lipinski definition) is 8. The number of hydrogen-bond donors (Lipinski definition) is 8. The van der Waals surface area contributed by atoms with Crippen LogP contribution in [0.2, 0.25) is 0 Å². The Balaban J connectivity index is -0.000000142. The van der Waals surface area contributed by atoms with Gasteiger partial charge in [0, 0.05) is 16.7 Å². The van der Waals surface area contributed by atoms with Crippen molar-refractivity contribution in [3.8, 4) is 0 Å². The SMILES string of the molecule is C=C(C)C(=O)O.C=C(C)C(=O)O.C=C(C)C(=O)O.OCC(CO)(CO)C(O)O. The van der Waals surface area contributed by atoms with Crippen LogP contribution in [0.15, 0.2) is 36.5 Å². The normalized spacial score (nSPS) is 9.32. The Morgan fingerprint density at radius 1 is 0.679 bits per heavy atom. The van der Waals surface area contributed by atoms with Crippen molar-refractivity contribution in [2.24, 2.45) is 5.41 Å². The maximum atomic E-state index is 9.60. The second-order valence-electron chi connectivity index (χ2n) is 5.47. The molecule has 0 aliphatic carbocycles. The molecule has 0 bridgehead atoms. The third-order valence-corrected chi connectivity index (χ3v) is 2.59. The van der Waals surface area contributed by atoms with Crippen molar-refractivity contribution in [3.05, 3.63) is 36.5 Å². The van der Waals surface area contributed by atoms with E-state index in [2.05, 4.69) is 19.7 Å². The molecule has 0 radical (unpaired) electrons. The molecule has 0 atom stereocenters. The minimum Gasteiger partial charge on any atom is -0.478 e. The maximum Gasteiger partial charge on any atom is 0.330 e. The van der Waals surface area contributed by atoms with Gasteiger partial charge >= 0.3 is 17.9 Å². The van der Waals surface area contributed by atoms with Gasteiger partial charge in [0.05, 0.1) is 25.2 Å². The summed E-state index contributed by atoms with van der Waals surface area (Å²) in [4.78, 5) is 28.8. The molecule has 11 nitrogen and oxygen atoms in total. The van der Waals surface area contributed by atoms with Crippen molar-refractivity contribution in [3.63, 3.8) is 0 Å². The molecular formula is C17H30O11. The molecule has 0 unspecified atom stereocenters. The summed E-state index contributed by atoms with van der Waals surface area (Å²) in [6, 6.07) is 0. The second-order valence-corrected chi connectivity index (χ2v) is 5.47. The zero-order valence-electron chi connectivity index (χ0n) is 16.1. The number of carboxylic acid groups (broad SMARTS) is 3. The standard InChI is InChI=1S/C5H12O5.3C4H6O2/c6-1-5(2-7,3-8)4(9)10;3*1-3(2)4(5)6/h4,6-10H,1-3H2;3*1H2,2H3,(H,5,6). The zero-order chi connectivity index (χ0) is 23.7. The van der Waals surface area contributed by atoms with Gasteiger partial charge in [-0.25, -0.2) is 14.4 Å². The van der Waals surface area contributed by atoms with Crippen LogP contribution >= 0.6 is 0 Å². The summed E-state index contributed by atoms with van der Waals surface area (Å²) in [5, 5.41) is 66.3. The molecule has 0 fully saturated rings. The molecule has 0 saturated heterocycles. The van der Waals surface area contributed by atoms with Gasteiger partial charge in [-0.05, 0) is 20.8 Å². The van der Waals surface area contributed by atoms with E-state index in [-0.39, 0.29) is 16.7 Å². The van der Waals surface area contributed by atoms with E-state index < -0.39 is 49.4 Å². The smallest absolute Gasteiger partial charge is 0.330 e. The molecule has 0 aliphatic heterocycles. The van der Waals surface area contributed by atoms with Crippen molar-refractivity contribution in [1.29, 1.82) is 0 Å². The van der Waals surface area contributed by atoms with Gasteiger partial charge < -0.3 is 40.9 Å². The highest BCUT2D eigenvalue weighted by atomic mass is 16.5. The number of rotatable bonds is 7. The zero-order valence-corrected chi connectivity index (χ0v) is 16.1. The summed E-state index contributed by atoms with van der Waals surface area (Å²) in [6.07, 6.45) is -1.91. The molecular weight excluding hydrogens is 380 g/mol. The fourth-order valence-electron chi connectivity index (χ4n) is 0.395. The summed E-state index contributed by atoms with van der Waals surface area (Å²) >= 11 is 0. The molecule has 0 aromatic carbocycles. The number of aliphatic hydroxyl groups is 5. The summed E-state index contributed by atoms with van der Waals surface area (Å²) in [5.74, 6) is -2.81. The van der Waals surface area contributed by atoms with Gasteiger partial charge in [-0.2, -0.15) is 0 Å². The average molecular weight is 410 g/mol. The Hall–Kier alpha value is -2.57. The van der Waals surface area contributed by atoms with Crippen LogP contribution in [-0.4, -0.2) is 84.9 Å². The topological polar surface area (TPSA) is 213 Å². The molecule has 0 aromatic heterocycles. The first kappa shape index (κ1) is 33.0. The minimum absolute atomic E-state index is 0.176. The molecule has 0 saturated carbocycles. The lowest BCUT2D eigenvalue weighted by molar-refractivity contribution is -0.183. The Morgan fingerprint density at radius 2 is 0.821 bits per heavy atom. The lowest BCUT2D eigenvalue weighted by atomic mass is 9.91. The summed E-state index contributed by atoms with van der Waals surface area (Å²) in [6.45, 7) is 11.8. The van der Waals surface area contributed by atoms with E-state index in [1.807, 2.05) is 0 Å². The summed E-state index contributed by atoms with van der Waals surface area (Å²) in [7, 11) is 0. The Morgan fingerprint density at radius 3 is 0.821 bits per heavy atom. The van der Waals surface area contributed by atoms with E-state index in [0.29, 0.717) is 0 Å². The Kier molecular flexibility index (Phi) is 21.0. The highest BCUT2D eigenvalue weighted by molar-refractivity contribution is 5.85. The van der Waals surface area contributed by atoms with Gasteiger partial charge in [0.25, 0.3) is 0 Å². The number of carbonyl (C=O) groups is 3. The molecule has 8 N–H and O–H groups in total. The first-order chi connectivity index (χ1) is 12.6. The van der Waals surface area contributed by atoms with Crippen molar-refractivity contribution in [2.45, 2.75) is 27.1 Å². The molecule has 0 rings (SSSR count). The van der Waals surface area contributed by atoms with Gasteiger partial charge in [0.1, 0.15) is 0 Å². The predicted molar refractivity (Wildman–Crippen MR) is 99.3 cm³/mol. The molecule has 28 heavy (non-hydrogen) atoms. The van der Waals surface area contributed by atoms with E-state index in [1.54, 1.807) is 0 Å². The quantitative estimate of drug-likeness (QED) is 0.192. The molecule has 0 heterocycles. The molecule has 164 valence electrons. The third kappa shape index (κ3) is 19.8. The van der Waals surface area contributed by atoms with Gasteiger partial charge in [-0.3, -0.25) is 0 Å². The van der Waals surface area contributed by atoms with Crippen LogP contribution < -0.4 is 0 Å². The summed E-state index contributed by atoms with van der Waals surface area (Å²) in [5.41, 5.74) is -1.07. The highest BCUT2D eigenvalue weighted by Gasteiger charge is 2.35. The largest absolute Gasteiger partial charge is 0.478 e. The Labute approximate surface area is 162 Å². The van der Waals surface area contributed by atoms with Gasteiger partial charge in [0.15, 0.2) is 6.29 Å². The molecule has 11 heteroatoms. The lowest BCUT2D eigenvalue weighted by Gasteiger charge is -2.28. The van der Waals surface area contributed by atoms with Gasteiger partial charge in [0.2, 0.25) is 0 Å². The van der Waals surface area contributed by atoms with Crippen molar-refractivity contribution < 1.29 is 55.2 Å². The fourth-order valence-corrected chi connectivity index (χ4v) is 0.395. The van der Waals surface area contributed by atoms with Crippen LogP contribution in [0.4, 0.5) is 0 Å². The number of aliphatic carboxylic acids is 3. The van der Waals surface area contributed by atoms with Crippen LogP contribution in [-0.2, 0) is 14.4 Å². The first-order valence-electron chi connectivity index (χ1n) is 7.41. The van der Waals surface area contributed by atoms with Crippen LogP contribution in [0.25, 0.3) is 0 Å². The van der Waals surface area contributed by atoms with E-state index in [1.165, 1.54) is 20.8 Å². The lowest BCUT2D eigenvalue weighted by Crippen LogP contribution is -2.45. The van der Waals surface area contributed by atoms with E-state index in [9.17, 15) is 14.4 Å². The number of aliphatic hydroxyl groups excluding tert-OH is 4. The molecule has 0 spiro atoms. The predicted octanol–water partition coefficient (Wildman–Crippen LogP) is -0.798. The van der Waals surface area contributed by atoms with E-state index in [4.69, 9.17) is 40.9 Å². The molecule has 0 amide bonds. The first-order valence-corrected chi connectivity index (χ1v) is 7.41. The maximum absolute atomic E-state index is 9.60. The number of carboxylic acids is 3. The van der Waals surface area contributed by atoms with Crippen LogP contribution in [0.3, 0.4) is 0 Å². The Bertz CT molecular complexity index is 430. The van der Waals surface area contributed by atoms with Crippen LogP contribution in [0, 0.1) is 5.41 Å². The van der Waals surface area contributed by atoms with Crippen molar-refractivity contribution in [2.75, 3.05) is 19.8 Å². The molecule has 0 aliphatic rings. The molecule has 0 aromatic rings. The van der Waals surface area contributed by atoms with Gasteiger partial charge in [-0.15, -0.1) is 0 Å². The van der Waals surface area contributed by atoms with Gasteiger partial charge in [-0.1, -0.05) is 19.7 Å². The van der Waals surface area contributed by atoms with E-state index in [0.717, 1.165) is 0 Å². The fraction of sp³-hybridized carbons (Fsp3) is 0.471. The van der Waals surface area contributed by atoms with E-state index >= 15 is 0 Å². The monoisotopic (exact) mass is 410 g/mol. The van der Waals surface area contributed by atoms with Crippen molar-refractivity contribution >= 4 is 17.9 Å². The van der Waals surface area contributed by atoms with Crippen molar-refractivity contribution in [1.82, 2.24) is 0 Å². The van der Waals surface area contributed by atoms with Crippen LogP contribution in [0.5, 0.6) is 0 Å². The summed E-state index contributed by atoms with van der Waals surface area (Å²) < 4.78 is 0. The highest BCUT2D eigenvalue weighted by Crippen LogP contribution is 2.17. The second kappa shape index (κ2) is 17.8.